The molecule has 4 nitrogen and oxygen atoms in total. The summed E-state index contributed by atoms with van der Waals surface area (Å²) in [4.78, 5) is 2.92. The van der Waals surface area contributed by atoms with E-state index in [0.717, 1.165) is 24.0 Å². The molecule has 1 aromatic rings. The van der Waals surface area contributed by atoms with Crippen LogP contribution in [0.1, 0.15) is 50.2 Å². The number of ether oxygens (including phenoxy) is 2. The van der Waals surface area contributed by atoms with Crippen molar-refractivity contribution in [3.8, 4) is 11.5 Å². The first-order valence-corrected chi connectivity index (χ1v) is 11.5. The van der Waals surface area contributed by atoms with Crippen molar-refractivity contribution in [1.82, 2.24) is 10.2 Å². The molecule has 4 heterocycles. The monoisotopic (exact) mass is 380 g/mol. The van der Waals surface area contributed by atoms with Gasteiger partial charge < -0.3 is 14.8 Å². The third kappa shape index (κ3) is 1.69. The molecule has 4 bridgehead atoms. The Kier molecular flexibility index (Phi) is 3.10. The molecule has 1 unspecified atom stereocenters. The molecule has 8 rings (SSSR count). The lowest BCUT2D eigenvalue weighted by Gasteiger charge is -2.67. The molecule has 0 amide bonds. The van der Waals surface area contributed by atoms with Crippen molar-refractivity contribution in [2.45, 2.75) is 69.1 Å². The standard InChI is InChI=1S/C24H32N2O2/c1-14-12-25-17-7-8-23(14)19-11-16-5-6-18(27-2)21-20(16)24(23,22(17)28-21)9-10-26(19)13-15-3-4-15/h5-6,14-15,17,19,22,25H,3-4,7-13H2,1-2H3/t14?,17-,19-,22+,23-,24+/m1/s1. The van der Waals surface area contributed by atoms with Gasteiger partial charge in [-0.2, -0.15) is 0 Å². The van der Waals surface area contributed by atoms with Gasteiger partial charge in [0.25, 0.3) is 0 Å². The highest BCUT2D eigenvalue weighted by molar-refractivity contribution is 5.62. The maximum absolute atomic E-state index is 6.88. The quantitative estimate of drug-likeness (QED) is 0.874. The normalized spacial score (nSPS) is 45.4. The van der Waals surface area contributed by atoms with Crippen LogP contribution in [0.25, 0.3) is 0 Å². The van der Waals surface area contributed by atoms with Crippen LogP contribution in [0.3, 0.4) is 0 Å². The van der Waals surface area contributed by atoms with E-state index < -0.39 is 0 Å². The van der Waals surface area contributed by atoms with Crippen LogP contribution in [0, 0.1) is 17.3 Å². The number of nitrogens with one attached hydrogen (secondary N) is 1. The number of piperidine rings is 1. The van der Waals surface area contributed by atoms with Crippen molar-refractivity contribution in [2.24, 2.45) is 17.3 Å². The topological polar surface area (TPSA) is 33.7 Å². The number of fused-ring (bicyclic) bond motifs is 3. The number of likely N-dealkylation sites (tertiary alicyclic amines) is 1. The summed E-state index contributed by atoms with van der Waals surface area (Å²) in [6.45, 7) is 6.26. The van der Waals surface area contributed by atoms with Crippen LogP contribution < -0.4 is 14.8 Å². The second-order valence-electron chi connectivity index (χ2n) is 10.5. The van der Waals surface area contributed by atoms with E-state index in [0.29, 0.717) is 23.4 Å². The van der Waals surface area contributed by atoms with Crippen molar-refractivity contribution in [2.75, 3.05) is 26.7 Å². The van der Waals surface area contributed by atoms with Crippen LogP contribution in [-0.4, -0.2) is 49.8 Å². The highest BCUT2D eigenvalue weighted by Crippen LogP contribution is 2.72. The van der Waals surface area contributed by atoms with Gasteiger partial charge in [0.15, 0.2) is 11.5 Å². The van der Waals surface area contributed by atoms with E-state index in [9.17, 15) is 0 Å². The van der Waals surface area contributed by atoms with Crippen LogP contribution in [0.2, 0.25) is 0 Å². The fourth-order valence-electron chi connectivity index (χ4n) is 8.47. The van der Waals surface area contributed by atoms with Gasteiger partial charge in [-0.1, -0.05) is 13.0 Å². The van der Waals surface area contributed by atoms with Gasteiger partial charge in [0, 0.05) is 35.0 Å². The zero-order valence-electron chi connectivity index (χ0n) is 17.2. The zero-order valence-corrected chi connectivity index (χ0v) is 17.2. The Morgan fingerprint density at radius 1 is 1.25 bits per heavy atom. The lowest BCUT2D eigenvalue weighted by Crippen LogP contribution is -2.74. The molecule has 7 aliphatic rings. The van der Waals surface area contributed by atoms with Crippen molar-refractivity contribution >= 4 is 0 Å². The number of methoxy groups -OCH3 is 1. The Morgan fingerprint density at radius 3 is 2.96 bits per heavy atom. The lowest BCUT2D eigenvalue weighted by atomic mass is 9.40. The molecule has 2 saturated carbocycles. The van der Waals surface area contributed by atoms with Crippen LogP contribution in [0.5, 0.6) is 11.5 Å². The Hall–Kier alpha value is -1.26. The Labute approximate surface area is 168 Å². The Balaban J connectivity index is 1.50. The summed E-state index contributed by atoms with van der Waals surface area (Å²) in [6, 6.07) is 5.68. The highest BCUT2D eigenvalue weighted by Gasteiger charge is 2.75. The third-order valence-electron chi connectivity index (χ3n) is 9.67. The Bertz CT molecular complexity index is 851. The molecule has 6 atom stereocenters. The summed E-state index contributed by atoms with van der Waals surface area (Å²) in [5.41, 5.74) is 3.63. The molecule has 5 fully saturated rings. The molecule has 4 aliphatic heterocycles. The summed E-state index contributed by atoms with van der Waals surface area (Å²) in [7, 11) is 1.79. The van der Waals surface area contributed by atoms with Gasteiger partial charge in [0.05, 0.1) is 7.11 Å². The molecule has 4 heteroatoms. The molecular weight excluding hydrogens is 348 g/mol. The van der Waals surface area contributed by atoms with E-state index in [2.05, 4.69) is 29.3 Å². The predicted molar refractivity (Wildman–Crippen MR) is 108 cm³/mol. The summed E-state index contributed by atoms with van der Waals surface area (Å²) < 4.78 is 12.7. The second kappa shape index (κ2) is 5.26. The minimum Gasteiger partial charge on any atom is -0.493 e. The lowest BCUT2D eigenvalue weighted by molar-refractivity contribution is -0.145. The van der Waals surface area contributed by atoms with Gasteiger partial charge >= 0.3 is 0 Å². The molecular formula is C24H32N2O2. The molecule has 1 aromatic carbocycles. The van der Waals surface area contributed by atoms with E-state index >= 15 is 0 Å². The maximum Gasteiger partial charge on any atom is 0.165 e. The number of hydrogen-bond donors (Lipinski definition) is 1. The second-order valence-corrected chi connectivity index (χ2v) is 10.5. The fraction of sp³-hybridized carbons (Fsp3) is 0.750. The van der Waals surface area contributed by atoms with Gasteiger partial charge in [-0.15, -0.1) is 0 Å². The average molecular weight is 381 g/mol. The molecule has 150 valence electrons. The molecule has 1 N–H and O–H groups in total. The van der Waals surface area contributed by atoms with Gasteiger partial charge in [-0.3, -0.25) is 4.90 Å². The highest BCUT2D eigenvalue weighted by atomic mass is 16.5. The molecule has 2 spiro atoms. The van der Waals surface area contributed by atoms with Gasteiger partial charge in [0.1, 0.15) is 6.10 Å². The minimum absolute atomic E-state index is 0.182. The van der Waals surface area contributed by atoms with E-state index in [1.54, 1.807) is 18.2 Å². The van der Waals surface area contributed by atoms with Gasteiger partial charge in [-0.05, 0) is 75.1 Å². The van der Waals surface area contributed by atoms with Crippen LogP contribution in [-0.2, 0) is 11.8 Å². The van der Waals surface area contributed by atoms with E-state index in [1.807, 2.05) is 0 Å². The molecule has 3 saturated heterocycles. The van der Waals surface area contributed by atoms with Crippen molar-refractivity contribution in [3.05, 3.63) is 23.3 Å². The SMILES string of the molecule is COc1ccc2c3c1O[C@H]1[C@H]4CC[C@@]5(C(C)CN4)[C@@H](C2)N(CC2CC2)CC[C@]315. The van der Waals surface area contributed by atoms with E-state index in [-0.39, 0.29) is 11.5 Å². The zero-order chi connectivity index (χ0) is 18.7. The number of benzene rings is 1. The first-order valence-electron chi connectivity index (χ1n) is 11.5. The number of nitrogens with zero attached hydrogens (tertiary/aromatic N) is 1. The molecule has 3 aliphatic carbocycles. The third-order valence-corrected chi connectivity index (χ3v) is 9.67. The van der Waals surface area contributed by atoms with Crippen molar-refractivity contribution < 1.29 is 9.47 Å². The largest absolute Gasteiger partial charge is 0.493 e. The molecule has 0 radical (unpaired) electrons. The Morgan fingerprint density at radius 2 is 2.14 bits per heavy atom. The van der Waals surface area contributed by atoms with Crippen molar-refractivity contribution in [1.29, 1.82) is 0 Å². The first kappa shape index (κ1) is 16.5. The van der Waals surface area contributed by atoms with Crippen LogP contribution in [0.15, 0.2) is 12.1 Å². The predicted octanol–water partition coefficient (Wildman–Crippen LogP) is 3.12. The maximum atomic E-state index is 6.88. The average Bonchev–Trinajstić information content (AvgIpc) is 3.49. The summed E-state index contributed by atoms with van der Waals surface area (Å²) in [6.07, 6.45) is 8.25. The van der Waals surface area contributed by atoms with Gasteiger partial charge in [-0.25, -0.2) is 0 Å². The van der Waals surface area contributed by atoms with Crippen LogP contribution in [0.4, 0.5) is 0 Å². The summed E-state index contributed by atoms with van der Waals surface area (Å²) in [5.74, 6) is 3.68. The van der Waals surface area contributed by atoms with Crippen molar-refractivity contribution in [3.63, 3.8) is 0 Å². The van der Waals surface area contributed by atoms with E-state index in [4.69, 9.17) is 9.47 Å². The minimum atomic E-state index is 0.182. The summed E-state index contributed by atoms with van der Waals surface area (Å²) >= 11 is 0. The molecule has 0 aromatic heterocycles. The first-order chi connectivity index (χ1) is 13.7. The summed E-state index contributed by atoms with van der Waals surface area (Å²) in [5, 5.41) is 3.94. The number of hydrogen-bond acceptors (Lipinski definition) is 4. The van der Waals surface area contributed by atoms with Crippen LogP contribution >= 0.6 is 0 Å². The smallest absolute Gasteiger partial charge is 0.165 e. The fourth-order valence-corrected chi connectivity index (χ4v) is 8.47. The van der Waals surface area contributed by atoms with E-state index in [1.165, 1.54) is 51.6 Å². The van der Waals surface area contributed by atoms with Gasteiger partial charge in [0.2, 0.25) is 0 Å². The number of rotatable bonds is 3. The molecule has 28 heavy (non-hydrogen) atoms.